The SMILES string of the molecule is C1CCCNNNN/N=N\NNCC1. The van der Waals surface area contributed by atoms with Crippen LogP contribution in [0.2, 0.25) is 0 Å². The van der Waals surface area contributed by atoms with Gasteiger partial charge in [-0.15, -0.1) is 5.53 Å². The maximum absolute atomic E-state index is 3.58. The molecule has 0 aromatic heterocycles. The highest BCUT2D eigenvalue weighted by atomic mass is 15.8. The van der Waals surface area contributed by atoms with Gasteiger partial charge in [-0.2, -0.15) is 5.53 Å². The minimum atomic E-state index is 0.901. The molecule has 8 heteroatoms. The first-order valence-electron chi connectivity index (χ1n) is 4.85. The maximum atomic E-state index is 3.58. The molecule has 0 saturated heterocycles. The van der Waals surface area contributed by atoms with E-state index >= 15 is 0 Å². The van der Waals surface area contributed by atoms with Gasteiger partial charge in [0.1, 0.15) is 0 Å². The molecule has 1 aliphatic heterocycles. The zero-order chi connectivity index (χ0) is 9.90. The van der Waals surface area contributed by atoms with Crippen LogP contribution in [-0.4, -0.2) is 13.1 Å². The molecular weight excluding hydrogens is 184 g/mol. The first-order chi connectivity index (χ1) is 7.00. The third-order valence-corrected chi connectivity index (χ3v) is 1.79. The fraction of sp³-hybridized carbons (Fsp3) is 1.00. The molecule has 0 aliphatic carbocycles. The summed E-state index contributed by atoms with van der Waals surface area (Å²) in [5.74, 6) is 0. The molecule has 0 fully saturated rings. The third-order valence-electron chi connectivity index (χ3n) is 1.79. The summed E-state index contributed by atoms with van der Waals surface area (Å²) in [7, 11) is 0. The molecule has 1 aliphatic rings. The fourth-order valence-corrected chi connectivity index (χ4v) is 1.08. The molecule has 0 aromatic carbocycles. The van der Waals surface area contributed by atoms with Crippen LogP contribution in [0, 0.1) is 0 Å². The van der Waals surface area contributed by atoms with E-state index in [1.54, 1.807) is 0 Å². The van der Waals surface area contributed by atoms with Crippen LogP contribution in [0.25, 0.3) is 0 Å². The number of hydrazine groups is 4. The van der Waals surface area contributed by atoms with E-state index in [1.807, 2.05) is 0 Å². The van der Waals surface area contributed by atoms with Crippen LogP contribution in [0.4, 0.5) is 0 Å². The Bertz CT molecular complexity index is 133. The van der Waals surface area contributed by atoms with Crippen molar-refractivity contribution in [2.75, 3.05) is 13.1 Å². The first-order valence-corrected chi connectivity index (χ1v) is 4.85. The fourth-order valence-electron chi connectivity index (χ4n) is 1.08. The molecule has 0 unspecified atom stereocenters. The predicted molar refractivity (Wildman–Crippen MR) is 51.9 cm³/mol. The topological polar surface area (TPSA) is 96.9 Å². The average Bonchev–Trinajstić information content (AvgIpc) is 2.22. The van der Waals surface area contributed by atoms with Crippen molar-refractivity contribution >= 4 is 0 Å². The van der Waals surface area contributed by atoms with Crippen LogP contribution < -0.4 is 33.0 Å². The summed E-state index contributed by atoms with van der Waals surface area (Å²) in [6.45, 7) is 1.83. The van der Waals surface area contributed by atoms with Crippen LogP contribution in [0.15, 0.2) is 10.4 Å². The number of nitrogens with zero attached hydrogens (tertiary/aromatic N) is 2. The maximum Gasteiger partial charge on any atom is 0.0164 e. The lowest BCUT2D eigenvalue weighted by Gasteiger charge is -2.08. The summed E-state index contributed by atoms with van der Waals surface area (Å²) in [5, 5.41) is 7.13. The van der Waals surface area contributed by atoms with Crippen molar-refractivity contribution < 1.29 is 0 Å². The lowest BCUT2D eigenvalue weighted by molar-refractivity contribution is 0.350. The van der Waals surface area contributed by atoms with Crippen molar-refractivity contribution in [3.05, 3.63) is 0 Å². The normalized spacial score (nSPS) is 24.0. The van der Waals surface area contributed by atoms with Gasteiger partial charge in [-0.1, -0.05) is 12.8 Å². The molecule has 0 aromatic rings. The molecule has 1 rings (SSSR count). The summed E-state index contributed by atoms with van der Waals surface area (Å²) >= 11 is 0. The van der Waals surface area contributed by atoms with E-state index in [9.17, 15) is 0 Å². The Labute approximate surface area is 83.1 Å². The van der Waals surface area contributed by atoms with E-state index in [2.05, 4.69) is 43.4 Å². The molecule has 0 atom stereocenters. The summed E-state index contributed by atoms with van der Waals surface area (Å²) in [5.41, 5.74) is 16.3. The van der Waals surface area contributed by atoms with Gasteiger partial charge >= 0.3 is 0 Å². The Morgan fingerprint density at radius 2 is 1.36 bits per heavy atom. The van der Waals surface area contributed by atoms with Gasteiger partial charge in [0.15, 0.2) is 0 Å². The van der Waals surface area contributed by atoms with Crippen molar-refractivity contribution in [3.63, 3.8) is 0 Å². The summed E-state index contributed by atoms with van der Waals surface area (Å²) in [6.07, 6.45) is 4.75. The largest absolute Gasteiger partial charge is 0.243 e. The monoisotopic (exact) mass is 202 g/mol. The Morgan fingerprint density at radius 1 is 0.643 bits per heavy atom. The van der Waals surface area contributed by atoms with E-state index in [0.29, 0.717) is 0 Å². The second-order valence-corrected chi connectivity index (χ2v) is 2.94. The molecule has 0 radical (unpaired) electrons. The summed E-state index contributed by atoms with van der Waals surface area (Å²) in [4.78, 5) is 0. The van der Waals surface area contributed by atoms with Crippen molar-refractivity contribution in [2.45, 2.75) is 25.7 Å². The minimum Gasteiger partial charge on any atom is -0.243 e. The molecular formula is C6H18N8. The quantitative estimate of drug-likeness (QED) is 0.303. The zero-order valence-corrected chi connectivity index (χ0v) is 8.14. The third kappa shape index (κ3) is 6.54. The van der Waals surface area contributed by atoms with E-state index in [-0.39, 0.29) is 0 Å². The standard InChI is InChI=1S/C6H18N8/c1-2-4-6-8-10-12-14-13-11-9-7-5-3-1/h1-6H2,(H3,7,10,11,14)(H3,8,9,12,13). The predicted octanol–water partition coefficient (Wildman–Crippen LogP) is -0.960. The van der Waals surface area contributed by atoms with Crippen LogP contribution in [-0.2, 0) is 0 Å². The van der Waals surface area contributed by atoms with Crippen molar-refractivity contribution in [1.82, 2.24) is 33.0 Å². The van der Waals surface area contributed by atoms with E-state index in [0.717, 1.165) is 25.9 Å². The Hall–Kier alpha value is -0.960. The Balaban J connectivity index is 2.09. The first kappa shape index (κ1) is 11.1. The molecule has 0 amide bonds. The zero-order valence-electron chi connectivity index (χ0n) is 8.14. The van der Waals surface area contributed by atoms with E-state index in [1.165, 1.54) is 12.8 Å². The van der Waals surface area contributed by atoms with Crippen molar-refractivity contribution in [3.8, 4) is 0 Å². The van der Waals surface area contributed by atoms with E-state index < -0.39 is 0 Å². The molecule has 82 valence electrons. The lowest BCUT2D eigenvalue weighted by atomic mass is 10.2. The molecule has 0 bridgehead atoms. The van der Waals surface area contributed by atoms with Gasteiger partial charge in [-0.05, 0) is 23.3 Å². The average molecular weight is 202 g/mol. The van der Waals surface area contributed by atoms with E-state index in [4.69, 9.17) is 0 Å². The highest BCUT2D eigenvalue weighted by Crippen LogP contribution is 1.96. The van der Waals surface area contributed by atoms with Crippen LogP contribution >= 0.6 is 0 Å². The van der Waals surface area contributed by atoms with Gasteiger partial charge in [0.25, 0.3) is 0 Å². The highest BCUT2D eigenvalue weighted by molar-refractivity contribution is 4.46. The molecule has 14 heavy (non-hydrogen) atoms. The smallest absolute Gasteiger partial charge is 0.0164 e. The van der Waals surface area contributed by atoms with Gasteiger partial charge in [-0.25, -0.2) is 21.9 Å². The minimum absolute atomic E-state index is 0.901. The van der Waals surface area contributed by atoms with Gasteiger partial charge < -0.3 is 0 Å². The van der Waals surface area contributed by atoms with Crippen LogP contribution in [0.3, 0.4) is 0 Å². The molecule has 0 saturated carbocycles. The van der Waals surface area contributed by atoms with Crippen LogP contribution in [0.1, 0.15) is 25.7 Å². The summed E-state index contributed by atoms with van der Waals surface area (Å²) < 4.78 is 0. The van der Waals surface area contributed by atoms with Crippen molar-refractivity contribution in [1.29, 1.82) is 0 Å². The van der Waals surface area contributed by atoms with Gasteiger partial charge in [0.05, 0.1) is 0 Å². The highest BCUT2D eigenvalue weighted by Gasteiger charge is 1.90. The van der Waals surface area contributed by atoms with Gasteiger partial charge in [-0.3, -0.25) is 0 Å². The second kappa shape index (κ2) is 8.63. The number of hydrogen-bond donors (Lipinski definition) is 6. The van der Waals surface area contributed by atoms with Gasteiger partial charge in [0, 0.05) is 13.1 Å². The van der Waals surface area contributed by atoms with Crippen LogP contribution in [0.5, 0.6) is 0 Å². The number of hydrogen-bond acceptors (Lipinski definition) is 8. The van der Waals surface area contributed by atoms with Gasteiger partial charge in [0.2, 0.25) is 0 Å². The molecule has 8 nitrogen and oxygen atoms in total. The van der Waals surface area contributed by atoms with Crippen molar-refractivity contribution in [2.24, 2.45) is 10.4 Å². The Kier molecular flexibility index (Phi) is 6.85. The molecule has 6 N–H and O–H groups in total. The molecule has 1 heterocycles. The lowest BCUT2D eigenvalue weighted by Crippen LogP contribution is -2.49. The second-order valence-electron chi connectivity index (χ2n) is 2.94. The summed E-state index contributed by atoms with van der Waals surface area (Å²) in [6, 6.07) is 0. The number of rotatable bonds is 0. The molecule has 0 spiro atoms. The Morgan fingerprint density at radius 3 is 2.21 bits per heavy atom. The number of nitrogens with one attached hydrogen (secondary N) is 6.